The third-order valence-corrected chi connectivity index (χ3v) is 6.18. The molecule has 3 aromatic rings. The summed E-state index contributed by atoms with van der Waals surface area (Å²) < 4.78 is 6.45. The Kier molecular flexibility index (Phi) is 5.88. The van der Waals surface area contributed by atoms with Gasteiger partial charge in [-0.25, -0.2) is 4.98 Å². The minimum atomic E-state index is -0.255. The molecule has 0 bridgehead atoms. The lowest BCUT2D eigenvalue weighted by Crippen LogP contribution is -2.25. The van der Waals surface area contributed by atoms with Crippen LogP contribution in [0, 0.1) is 6.92 Å². The van der Waals surface area contributed by atoms with Gasteiger partial charge in [-0.3, -0.25) is 14.2 Å². The molecule has 0 saturated heterocycles. The molecule has 3 aromatic heterocycles. The maximum absolute atomic E-state index is 13.3. The van der Waals surface area contributed by atoms with Gasteiger partial charge in [-0.05, 0) is 31.2 Å². The van der Waals surface area contributed by atoms with Crippen molar-refractivity contribution in [1.29, 1.82) is 0 Å². The van der Waals surface area contributed by atoms with Crippen molar-refractivity contribution in [3.8, 4) is 10.4 Å². The van der Waals surface area contributed by atoms with Gasteiger partial charge in [-0.2, -0.15) is 0 Å². The Morgan fingerprint density at radius 1 is 1.38 bits per heavy atom. The molecule has 0 spiro atoms. The summed E-state index contributed by atoms with van der Waals surface area (Å²) in [7, 11) is 1.38. The van der Waals surface area contributed by atoms with E-state index in [-0.39, 0.29) is 11.5 Å². The predicted molar refractivity (Wildman–Crippen MR) is 107 cm³/mol. The monoisotopic (exact) mass is 390 g/mol. The average Bonchev–Trinajstić information content (AvgIpc) is 3.24. The van der Waals surface area contributed by atoms with Crippen LogP contribution < -0.4 is 5.56 Å². The molecule has 0 atom stereocenters. The van der Waals surface area contributed by atoms with E-state index in [1.54, 1.807) is 27.2 Å². The lowest BCUT2D eigenvalue weighted by molar-refractivity contribution is -0.140. The summed E-state index contributed by atoms with van der Waals surface area (Å²) in [6.45, 7) is 4.60. The molecule has 3 rings (SSSR count). The van der Waals surface area contributed by atoms with Crippen molar-refractivity contribution in [2.24, 2.45) is 0 Å². The smallest absolute Gasteiger partial charge is 0.305 e. The Balaban J connectivity index is 2.11. The van der Waals surface area contributed by atoms with Gasteiger partial charge in [0.2, 0.25) is 0 Å². The highest BCUT2D eigenvalue weighted by Crippen LogP contribution is 2.38. The van der Waals surface area contributed by atoms with E-state index in [2.05, 4.69) is 6.92 Å². The molecule has 138 valence electrons. The zero-order valence-electron chi connectivity index (χ0n) is 15.2. The molecule has 0 unspecified atom stereocenters. The second-order valence-corrected chi connectivity index (χ2v) is 8.26. The number of ether oxygens (including phenoxy) is 1. The van der Waals surface area contributed by atoms with E-state index in [1.807, 2.05) is 24.4 Å². The van der Waals surface area contributed by atoms with Gasteiger partial charge >= 0.3 is 5.97 Å². The molecule has 5 nitrogen and oxygen atoms in total. The van der Waals surface area contributed by atoms with E-state index in [0.717, 1.165) is 38.8 Å². The second kappa shape index (κ2) is 8.14. The van der Waals surface area contributed by atoms with Crippen molar-refractivity contribution in [2.75, 3.05) is 7.11 Å². The number of carbonyl (C=O) groups excluding carboxylic acids is 1. The highest BCUT2D eigenvalue weighted by atomic mass is 32.1. The van der Waals surface area contributed by atoms with Crippen LogP contribution in [0.15, 0.2) is 22.3 Å². The van der Waals surface area contributed by atoms with Crippen LogP contribution >= 0.6 is 22.7 Å². The van der Waals surface area contributed by atoms with Gasteiger partial charge in [-0.1, -0.05) is 13.0 Å². The Hall–Kier alpha value is -1.99. The van der Waals surface area contributed by atoms with Gasteiger partial charge in [0.1, 0.15) is 10.7 Å². The zero-order valence-corrected chi connectivity index (χ0v) is 16.8. The van der Waals surface area contributed by atoms with Crippen molar-refractivity contribution in [3.63, 3.8) is 0 Å². The highest BCUT2D eigenvalue weighted by molar-refractivity contribution is 7.20. The third-order valence-electron chi connectivity index (χ3n) is 4.30. The van der Waals surface area contributed by atoms with Crippen LogP contribution in [0.5, 0.6) is 0 Å². The molecule has 26 heavy (non-hydrogen) atoms. The van der Waals surface area contributed by atoms with Crippen molar-refractivity contribution in [3.05, 3.63) is 38.6 Å². The number of thiophene rings is 2. The molecule has 0 saturated carbocycles. The molecule has 0 fully saturated rings. The molecule has 7 heteroatoms. The fourth-order valence-corrected chi connectivity index (χ4v) is 5.03. The van der Waals surface area contributed by atoms with Crippen LogP contribution in [-0.4, -0.2) is 22.6 Å². The second-order valence-electron chi connectivity index (χ2n) is 6.11. The molecule has 0 amide bonds. The van der Waals surface area contributed by atoms with Gasteiger partial charge < -0.3 is 4.74 Å². The molecular formula is C19H22N2O3S2. The van der Waals surface area contributed by atoms with Crippen molar-refractivity contribution >= 4 is 38.9 Å². The van der Waals surface area contributed by atoms with E-state index in [4.69, 9.17) is 9.72 Å². The Morgan fingerprint density at radius 3 is 2.85 bits per heavy atom. The topological polar surface area (TPSA) is 61.2 Å². The number of hydrogen-bond acceptors (Lipinski definition) is 6. The van der Waals surface area contributed by atoms with Gasteiger partial charge in [0.05, 0.1) is 12.5 Å². The summed E-state index contributed by atoms with van der Waals surface area (Å²) in [4.78, 5) is 32.5. The van der Waals surface area contributed by atoms with E-state index >= 15 is 0 Å². The SMILES string of the molecule is CCCc1nc2sc(C)c(-c3cccs3)c2c(=O)n1CCCC(=O)OC. The van der Waals surface area contributed by atoms with Crippen LogP contribution in [0.4, 0.5) is 0 Å². The first kappa shape index (κ1) is 18.8. The summed E-state index contributed by atoms with van der Waals surface area (Å²) in [5, 5.41) is 2.72. The molecule has 3 heterocycles. The first-order chi connectivity index (χ1) is 12.6. The zero-order chi connectivity index (χ0) is 18.7. The number of rotatable bonds is 7. The summed E-state index contributed by atoms with van der Waals surface area (Å²) in [6, 6.07) is 4.04. The van der Waals surface area contributed by atoms with Gasteiger partial charge in [-0.15, -0.1) is 22.7 Å². The van der Waals surface area contributed by atoms with Crippen molar-refractivity contribution in [2.45, 2.75) is 46.1 Å². The number of methoxy groups -OCH3 is 1. The van der Waals surface area contributed by atoms with Crippen molar-refractivity contribution in [1.82, 2.24) is 9.55 Å². The Morgan fingerprint density at radius 2 is 2.19 bits per heavy atom. The first-order valence-corrected chi connectivity index (χ1v) is 10.4. The Labute approximate surface area is 160 Å². The number of nitrogens with zero attached hydrogens (tertiary/aromatic N) is 2. The Bertz CT molecular complexity index is 971. The molecular weight excluding hydrogens is 368 g/mol. The predicted octanol–water partition coefficient (Wildman–Crippen LogP) is 4.40. The van der Waals surface area contributed by atoms with E-state index in [9.17, 15) is 9.59 Å². The number of carbonyl (C=O) groups is 1. The lowest BCUT2D eigenvalue weighted by Gasteiger charge is -2.12. The molecule has 0 aliphatic rings. The first-order valence-electron chi connectivity index (χ1n) is 8.70. The van der Waals surface area contributed by atoms with E-state index < -0.39 is 0 Å². The molecule has 0 aliphatic heterocycles. The van der Waals surface area contributed by atoms with Gasteiger partial charge in [0.25, 0.3) is 5.56 Å². The fourth-order valence-electron chi connectivity index (χ4n) is 3.08. The minimum Gasteiger partial charge on any atom is -0.469 e. The van der Waals surface area contributed by atoms with Crippen LogP contribution in [0.25, 0.3) is 20.7 Å². The molecule has 0 N–H and O–H groups in total. The van der Waals surface area contributed by atoms with Gasteiger partial charge in [0.15, 0.2) is 0 Å². The summed E-state index contributed by atoms with van der Waals surface area (Å²) in [5.41, 5.74) is 0.998. The van der Waals surface area contributed by atoms with E-state index in [1.165, 1.54) is 7.11 Å². The minimum absolute atomic E-state index is 0.00364. The maximum Gasteiger partial charge on any atom is 0.305 e. The van der Waals surface area contributed by atoms with Crippen molar-refractivity contribution < 1.29 is 9.53 Å². The van der Waals surface area contributed by atoms with Crippen LogP contribution in [0.3, 0.4) is 0 Å². The fraction of sp³-hybridized carbons (Fsp3) is 0.421. The number of esters is 1. The standard InChI is InChI=1S/C19H22N2O3S2/c1-4-7-14-20-18-17(16(12(2)26-18)13-8-6-11-25-13)19(23)21(14)10-5-9-15(22)24-3/h6,8,11H,4-5,7,9-10H2,1-3H3. The van der Waals surface area contributed by atoms with E-state index in [0.29, 0.717) is 24.8 Å². The number of aryl methyl sites for hydroxylation is 2. The van der Waals surface area contributed by atoms with Crippen LogP contribution in [0.2, 0.25) is 0 Å². The van der Waals surface area contributed by atoms with Gasteiger partial charge in [0, 0.05) is 34.7 Å². The third kappa shape index (κ3) is 3.59. The van der Waals surface area contributed by atoms with Crippen LogP contribution in [-0.2, 0) is 22.5 Å². The highest BCUT2D eigenvalue weighted by Gasteiger charge is 2.20. The molecule has 0 radical (unpaired) electrons. The maximum atomic E-state index is 13.3. The lowest BCUT2D eigenvalue weighted by atomic mass is 10.1. The average molecular weight is 391 g/mol. The summed E-state index contributed by atoms with van der Waals surface area (Å²) >= 11 is 3.21. The molecule has 0 aromatic carbocycles. The summed E-state index contributed by atoms with van der Waals surface area (Å²) in [6.07, 6.45) is 2.52. The summed E-state index contributed by atoms with van der Waals surface area (Å²) in [5.74, 6) is 0.545. The number of fused-ring (bicyclic) bond motifs is 1. The van der Waals surface area contributed by atoms with Crippen LogP contribution in [0.1, 0.15) is 36.9 Å². The quantitative estimate of drug-likeness (QED) is 0.561. The number of hydrogen-bond donors (Lipinski definition) is 0. The normalized spacial score (nSPS) is 11.2. The molecule has 0 aliphatic carbocycles. The number of aromatic nitrogens is 2. The largest absolute Gasteiger partial charge is 0.469 e.